The predicted molar refractivity (Wildman–Crippen MR) is 140 cm³/mol. The second kappa shape index (κ2) is 8.76. The minimum Gasteiger partial charge on any atom is -0.497 e. The molecular weight excluding hydrogens is 468 g/mol. The Morgan fingerprint density at radius 2 is 1.73 bits per heavy atom. The van der Waals surface area contributed by atoms with Gasteiger partial charge < -0.3 is 20.7 Å². The van der Waals surface area contributed by atoms with Gasteiger partial charge in [-0.3, -0.25) is 15.0 Å². The monoisotopic (exact) mass is 498 g/mol. The van der Waals surface area contributed by atoms with Gasteiger partial charge in [-0.05, 0) is 74.2 Å². The number of hydrogen-bond acceptors (Lipinski definition) is 5. The summed E-state index contributed by atoms with van der Waals surface area (Å²) in [5.41, 5.74) is 8.79. The number of nitrogens with one attached hydrogen (secondary N) is 2. The van der Waals surface area contributed by atoms with Crippen LogP contribution in [0.25, 0.3) is 5.69 Å². The van der Waals surface area contributed by atoms with Gasteiger partial charge in [-0.25, -0.2) is 4.68 Å². The summed E-state index contributed by atoms with van der Waals surface area (Å²) in [6.07, 6.45) is 6.31. The molecule has 190 valence electrons. The average molecular weight is 499 g/mol. The molecule has 2 amide bonds. The van der Waals surface area contributed by atoms with Crippen LogP contribution in [-0.2, 0) is 5.41 Å². The highest BCUT2D eigenvalue weighted by Gasteiger charge is 2.56. The van der Waals surface area contributed by atoms with Crippen molar-refractivity contribution in [1.82, 2.24) is 15.1 Å². The first kappa shape index (κ1) is 23.3. The minimum absolute atomic E-state index is 0.165. The number of nitrogens with two attached hydrogens (primary N) is 1. The molecule has 3 aliphatic rings. The molecule has 2 aromatic carbocycles. The van der Waals surface area contributed by atoms with Crippen LogP contribution in [-0.4, -0.2) is 47.1 Å². The van der Waals surface area contributed by atoms with E-state index in [1.807, 2.05) is 24.3 Å². The molecule has 6 rings (SSSR count). The quantitative estimate of drug-likeness (QED) is 0.354. The summed E-state index contributed by atoms with van der Waals surface area (Å²) in [7, 11) is 1.59. The first-order chi connectivity index (χ1) is 17.9. The highest BCUT2D eigenvalue weighted by molar-refractivity contribution is 6.11. The molecule has 2 fully saturated rings. The summed E-state index contributed by atoms with van der Waals surface area (Å²) >= 11 is 0. The number of anilines is 1. The Morgan fingerprint density at radius 1 is 1.08 bits per heavy atom. The van der Waals surface area contributed by atoms with Crippen molar-refractivity contribution in [1.29, 1.82) is 5.41 Å². The van der Waals surface area contributed by atoms with Crippen LogP contribution in [0.3, 0.4) is 0 Å². The lowest BCUT2D eigenvalue weighted by atomic mass is 9.88. The molecular formula is C28H30N6O3. The van der Waals surface area contributed by atoms with Gasteiger partial charge in [0, 0.05) is 34.8 Å². The SMILES string of the molecule is COc1ccc(-n2nc(C(N)=O)c3c2C(=O)N(c2ccc(C(=N)NC4CCCC4)cc2)CC32CC2)cc1. The van der Waals surface area contributed by atoms with E-state index in [4.69, 9.17) is 15.9 Å². The zero-order valence-corrected chi connectivity index (χ0v) is 20.8. The number of carbonyl (C=O) groups excluding carboxylic acids is 2. The number of methoxy groups -OCH3 is 1. The van der Waals surface area contributed by atoms with E-state index in [1.54, 1.807) is 41.0 Å². The summed E-state index contributed by atoms with van der Waals surface area (Å²) in [6.45, 7) is 0.463. The van der Waals surface area contributed by atoms with Crippen LogP contribution in [0.5, 0.6) is 5.75 Å². The molecule has 3 aromatic rings. The van der Waals surface area contributed by atoms with E-state index in [0.717, 1.165) is 36.9 Å². The zero-order chi connectivity index (χ0) is 25.7. The molecule has 2 aliphatic carbocycles. The van der Waals surface area contributed by atoms with Gasteiger partial charge in [-0.15, -0.1) is 0 Å². The summed E-state index contributed by atoms with van der Waals surface area (Å²) < 4.78 is 6.81. The van der Waals surface area contributed by atoms with Gasteiger partial charge in [-0.1, -0.05) is 12.8 Å². The maximum atomic E-state index is 14.0. The van der Waals surface area contributed by atoms with Gasteiger partial charge in [-0.2, -0.15) is 5.10 Å². The molecule has 0 unspecified atom stereocenters. The van der Waals surface area contributed by atoms with Crippen LogP contribution in [0.1, 0.15) is 70.6 Å². The van der Waals surface area contributed by atoms with E-state index < -0.39 is 5.91 Å². The van der Waals surface area contributed by atoms with Crippen molar-refractivity contribution in [2.75, 3.05) is 18.6 Å². The number of carbonyl (C=O) groups is 2. The van der Waals surface area contributed by atoms with Crippen LogP contribution in [0.2, 0.25) is 0 Å². The molecule has 0 saturated heterocycles. The van der Waals surface area contributed by atoms with Crippen LogP contribution in [0.4, 0.5) is 5.69 Å². The molecule has 1 aliphatic heterocycles. The third-order valence-electron chi connectivity index (χ3n) is 7.90. The molecule has 0 bridgehead atoms. The van der Waals surface area contributed by atoms with Crippen molar-refractivity contribution < 1.29 is 14.3 Å². The van der Waals surface area contributed by atoms with Crippen LogP contribution in [0.15, 0.2) is 48.5 Å². The van der Waals surface area contributed by atoms with Crippen molar-refractivity contribution >= 4 is 23.3 Å². The van der Waals surface area contributed by atoms with E-state index in [0.29, 0.717) is 41.1 Å². The molecule has 2 heterocycles. The van der Waals surface area contributed by atoms with E-state index in [9.17, 15) is 9.59 Å². The lowest BCUT2D eigenvalue weighted by molar-refractivity contribution is 0.0966. The van der Waals surface area contributed by atoms with Gasteiger partial charge in [0.1, 0.15) is 17.3 Å². The van der Waals surface area contributed by atoms with Crippen molar-refractivity contribution in [2.24, 2.45) is 5.73 Å². The Hall–Kier alpha value is -4.14. The number of amidine groups is 1. The maximum absolute atomic E-state index is 14.0. The van der Waals surface area contributed by atoms with Crippen LogP contribution in [0, 0.1) is 5.41 Å². The number of nitrogens with zero attached hydrogens (tertiary/aromatic N) is 3. The first-order valence-corrected chi connectivity index (χ1v) is 12.8. The summed E-state index contributed by atoms with van der Waals surface area (Å²) in [5.74, 6) is 0.233. The van der Waals surface area contributed by atoms with Crippen LogP contribution < -0.4 is 20.7 Å². The highest BCUT2D eigenvalue weighted by atomic mass is 16.5. The number of primary amides is 1. The van der Waals surface area contributed by atoms with E-state index >= 15 is 0 Å². The molecule has 1 aromatic heterocycles. The molecule has 9 nitrogen and oxygen atoms in total. The molecule has 1 spiro atoms. The standard InChI is InChI=1S/C28H30N6O3/c1-37-21-12-10-20(11-13-21)34-24-22(23(32-34)26(30)35)28(14-15-28)16-33(27(24)36)19-8-6-17(7-9-19)25(29)31-18-4-2-3-5-18/h6-13,18H,2-5,14-16H2,1H3,(H2,29,31)(H2,30,35). The van der Waals surface area contributed by atoms with Crippen molar-refractivity contribution in [2.45, 2.75) is 50.0 Å². The van der Waals surface area contributed by atoms with E-state index in [2.05, 4.69) is 10.4 Å². The third-order valence-corrected chi connectivity index (χ3v) is 7.90. The fourth-order valence-corrected chi connectivity index (χ4v) is 5.72. The predicted octanol–water partition coefficient (Wildman–Crippen LogP) is 3.53. The zero-order valence-electron chi connectivity index (χ0n) is 20.8. The Kier molecular flexibility index (Phi) is 5.51. The van der Waals surface area contributed by atoms with Gasteiger partial charge in [0.25, 0.3) is 11.8 Å². The highest BCUT2D eigenvalue weighted by Crippen LogP contribution is 2.54. The number of ether oxygens (including phenoxy) is 1. The van der Waals surface area contributed by atoms with Gasteiger partial charge in [0.2, 0.25) is 0 Å². The topological polar surface area (TPSA) is 126 Å². The molecule has 0 radical (unpaired) electrons. The van der Waals surface area contributed by atoms with Crippen molar-refractivity contribution in [3.05, 3.63) is 71.0 Å². The summed E-state index contributed by atoms with van der Waals surface area (Å²) in [5, 5.41) is 16.3. The Morgan fingerprint density at radius 3 is 2.32 bits per heavy atom. The number of rotatable bonds is 6. The number of benzene rings is 2. The van der Waals surface area contributed by atoms with E-state index in [-0.39, 0.29) is 17.0 Å². The fourth-order valence-electron chi connectivity index (χ4n) is 5.72. The number of fused-ring (bicyclic) bond motifs is 2. The third kappa shape index (κ3) is 3.94. The van der Waals surface area contributed by atoms with Crippen molar-refractivity contribution in [3.8, 4) is 11.4 Å². The minimum atomic E-state index is -0.631. The normalized spacial score (nSPS) is 18.1. The maximum Gasteiger partial charge on any atom is 0.277 e. The van der Waals surface area contributed by atoms with Gasteiger partial charge >= 0.3 is 0 Å². The molecule has 9 heteroatoms. The Labute approximate surface area is 215 Å². The van der Waals surface area contributed by atoms with Crippen molar-refractivity contribution in [3.63, 3.8) is 0 Å². The lowest BCUT2D eigenvalue weighted by Crippen LogP contribution is -2.44. The molecule has 2 saturated carbocycles. The Balaban J connectivity index is 1.36. The largest absolute Gasteiger partial charge is 0.497 e. The molecule has 0 atom stereocenters. The summed E-state index contributed by atoms with van der Waals surface area (Å²) in [6, 6.07) is 15.1. The van der Waals surface area contributed by atoms with Crippen LogP contribution >= 0.6 is 0 Å². The smallest absolute Gasteiger partial charge is 0.277 e. The van der Waals surface area contributed by atoms with Gasteiger partial charge in [0.05, 0.1) is 12.8 Å². The summed E-state index contributed by atoms with van der Waals surface area (Å²) in [4.78, 5) is 28.1. The van der Waals surface area contributed by atoms with Gasteiger partial charge in [0.15, 0.2) is 5.69 Å². The lowest BCUT2D eigenvalue weighted by Gasteiger charge is -2.33. The Bertz CT molecular complexity index is 1380. The second-order valence-corrected chi connectivity index (χ2v) is 10.3. The number of amides is 2. The second-order valence-electron chi connectivity index (χ2n) is 10.3. The molecule has 37 heavy (non-hydrogen) atoms. The average Bonchev–Trinajstić information content (AvgIpc) is 3.28. The number of hydrogen-bond donors (Lipinski definition) is 3. The first-order valence-electron chi connectivity index (χ1n) is 12.8. The molecule has 4 N–H and O–H groups in total. The number of aromatic nitrogens is 2. The van der Waals surface area contributed by atoms with E-state index in [1.165, 1.54) is 12.8 Å². The fraction of sp³-hybridized carbons (Fsp3) is 0.357.